The van der Waals surface area contributed by atoms with Crippen molar-refractivity contribution in [3.05, 3.63) is 35.4 Å². The van der Waals surface area contributed by atoms with Gasteiger partial charge in [0.05, 0.1) is 5.56 Å². The normalized spacial score (nSPS) is 19.8. The van der Waals surface area contributed by atoms with Gasteiger partial charge in [0.2, 0.25) is 0 Å². The second-order valence-corrected chi connectivity index (χ2v) is 5.32. The van der Waals surface area contributed by atoms with E-state index < -0.39 is 11.7 Å². The lowest BCUT2D eigenvalue weighted by Crippen LogP contribution is -2.37. The first-order valence-corrected chi connectivity index (χ1v) is 7.11. The lowest BCUT2D eigenvalue weighted by molar-refractivity contribution is -0.137. The van der Waals surface area contributed by atoms with Gasteiger partial charge in [0.25, 0.3) is 0 Å². The zero-order chi connectivity index (χ0) is 14.6. The summed E-state index contributed by atoms with van der Waals surface area (Å²) in [5.74, 6) is 0. The molecule has 1 heterocycles. The summed E-state index contributed by atoms with van der Waals surface area (Å²) in [5, 5.41) is 3.42. The van der Waals surface area contributed by atoms with Gasteiger partial charge in [-0.15, -0.1) is 0 Å². The van der Waals surface area contributed by atoms with Crippen LogP contribution in [-0.2, 0) is 12.7 Å². The SMILES string of the molecule is CCN(Cc1cccc(C(F)(F)F)c1)CC1CCCN1. The third-order valence-corrected chi connectivity index (χ3v) is 3.75. The second kappa shape index (κ2) is 6.59. The number of halogens is 3. The Morgan fingerprint density at radius 1 is 1.35 bits per heavy atom. The molecule has 1 aliphatic heterocycles. The maximum atomic E-state index is 12.7. The van der Waals surface area contributed by atoms with Crippen molar-refractivity contribution in [2.45, 2.75) is 38.5 Å². The summed E-state index contributed by atoms with van der Waals surface area (Å²) < 4.78 is 38.1. The van der Waals surface area contributed by atoms with Crippen LogP contribution >= 0.6 is 0 Å². The molecule has 0 radical (unpaired) electrons. The highest BCUT2D eigenvalue weighted by atomic mass is 19.4. The molecule has 2 rings (SSSR count). The molecule has 1 N–H and O–H groups in total. The Labute approximate surface area is 118 Å². The average molecular weight is 286 g/mol. The molecule has 2 nitrogen and oxygen atoms in total. The Morgan fingerprint density at radius 2 is 2.15 bits per heavy atom. The van der Waals surface area contributed by atoms with Gasteiger partial charge in [-0.2, -0.15) is 13.2 Å². The van der Waals surface area contributed by atoms with Gasteiger partial charge in [-0.1, -0.05) is 25.1 Å². The van der Waals surface area contributed by atoms with Gasteiger partial charge < -0.3 is 5.32 Å². The van der Waals surface area contributed by atoms with Gasteiger partial charge in [-0.3, -0.25) is 4.90 Å². The van der Waals surface area contributed by atoms with Gasteiger partial charge >= 0.3 is 6.18 Å². The number of nitrogens with one attached hydrogen (secondary N) is 1. The van der Waals surface area contributed by atoms with Crippen LogP contribution in [0.25, 0.3) is 0 Å². The first-order valence-electron chi connectivity index (χ1n) is 7.11. The van der Waals surface area contributed by atoms with Crippen LogP contribution in [0.15, 0.2) is 24.3 Å². The van der Waals surface area contributed by atoms with Crippen LogP contribution in [-0.4, -0.2) is 30.6 Å². The third kappa shape index (κ3) is 4.21. The van der Waals surface area contributed by atoms with E-state index in [0.717, 1.165) is 37.7 Å². The standard InChI is InChI=1S/C15H21F3N2/c1-2-20(11-14-7-4-8-19-14)10-12-5-3-6-13(9-12)15(16,17)18/h3,5-6,9,14,19H,2,4,7-8,10-11H2,1H3. The van der Waals surface area contributed by atoms with Crippen molar-refractivity contribution in [1.29, 1.82) is 0 Å². The summed E-state index contributed by atoms with van der Waals surface area (Å²) in [4.78, 5) is 2.19. The maximum absolute atomic E-state index is 12.7. The molecule has 1 aliphatic rings. The van der Waals surface area contributed by atoms with Crippen LogP contribution in [0.1, 0.15) is 30.9 Å². The third-order valence-electron chi connectivity index (χ3n) is 3.75. The predicted octanol–water partition coefficient (Wildman–Crippen LogP) is 3.28. The highest BCUT2D eigenvalue weighted by Gasteiger charge is 2.30. The molecule has 1 aromatic carbocycles. The van der Waals surface area contributed by atoms with Crippen molar-refractivity contribution in [2.24, 2.45) is 0 Å². The zero-order valence-electron chi connectivity index (χ0n) is 11.7. The molecular formula is C15H21F3N2. The van der Waals surface area contributed by atoms with E-state index in [4.69, 9.17) is 0 Å². The maximum Gasteiger partial charge on any atom is 0.416 e. The Balaban J connectivity index is 1.99. The molecule has 1 fully saturated rings. The molecule has 20 heavy (non-hydrogen) atoms. The first kappa shape index (κ1) is 15.3. The number of rotatable bonds is 5. The largest absolute Gasteiger partial charge is 0.416 e. The topological polar surface area (TPSA) is 15.3 Å². The van der Waals surface area contributed by atoms with Gasteiger partial charge in [0.15, 0.2) is 0 Å². The van der Waals surface area contributed by atoms with Crippen LogP contribution in [0.4, 0.5) is 13.2 Å². The molecule has 0 amide bonds. The van der Waals surface area contributed by atoms with Crippen molar-refractivity contribution >= 4 is 0 Å². The number of likely N-dealkylation sites (N-methyl/N-ethyl adjacent to an activating group) is 1. The quantitative estimate of drug-likeness (QED) is 0.893. The minimum Gasteiger partial charge on any atom is -0.313 e. The Bertz CT molecular complexity index is 425. The van der Waals surface area contributed by atoms with E-state index in [0.29, 0.717) is 12.6 Å². The average Bonchev–Trinajstić information content (AvgIpc) is 2.90. The monoisotopic (exact) mass is 286 g/mol. The van der Waals surface area contributed by atoms with E-state index in [1.54, 1.807) is 6.07 Å². The molecular weight excluding hydrogens is 265 g/mol. The molecule has 0 aromatic heterocycles. The van der Waals surface area contributed by atoms with Crippen LogP contribution in [0, 0.1) is 0 Å². The van der Waals surface area contributed by atoms with Crippen LogP contribution in [0.2, 0.25) is 0 Å². The fourth-order valence-corrected chi connectivity index (χ4v) is 2.63. The van der Waals surface area contributed by atoms with E-state index in [-0.39, 0.29) is 0 Å². The summed E-state index contributed by atoms with van der Waals surface area (Å²) in [6.07, 6.45) is -1.93. The van der Waals surface area contributed by atoms with Crippen molar-refractivity contribution < 1.29 is 13.2 Å². The van der Waals surface area contributed by atoms with Crippen molar-refractivity contribution in [2.75, 3.05) is 19.6 Å². The van der Waals surface area contributed by atoms with Gasteiger partial charge in [-0.25, -0.2) is 0 Å². The van der Waals surface area contributed by atoms with Crippen molar-refractivity contribution in [1.82, 2.24) is 10.2 Å². The molecule has 0 spiro atoms. The molecule has 0 bridgehead atoms. The van der Waals surface area contributed by atoms with Gasteiger partial charge in [0.1, 0.15) is 0 Å². The zero-order valence-corrected chi connectivity index (χ0v) is 11.7. The summed E-state index contributed by atoms with van der Waals surface area (Å²) in [6, 6.07) is 6.10. The van der Waals surface area contributed by atoms with Crippen LogP contribution in [0.5, 0.6) is 0 Å². The van der Waals surface area contributed by atoms with E-state index in [1.165, 1.54) is 18.6 Å². The Kier molecular flexibility index (Phi) is 5.05. The van der Waals surface area contributed by atoms with Crippen molar-refractivity contribution in [3.8, 4) is 0 Å². The lowest BCUT2D eigenvalue weighted by atomic mass is 10.1. The minimum absolute atomic E-state index is 0.473. The molecule has 5 heteroatoms. The van der Waals surface area contributed by atoms with E-state index >= 15 is 0 Å². The summed E-state index contributed by atoms with van der Waals surface area (Å²) in [6.45, 7) is 5.40. The van der Waals surface area contributed by atoms with Crippen LogP contribution in [0.3, 0.4) is 0 Å². The van der Waals surface area contributed by atoms with Gasteiger partial charge in [0, 0.05) is 19.1 Å². The Hall–Kier alpha value is -1.07. The highest BCUT2D eigenvalue weighted by Crippen LogP contribution is 2.29. The molecule has 0 aliphatic carbocycles. The van der Waals surface area contributed by atoms with Crippen molar-refractivity contribution in [3.63, 3.8) is 0 Å². The predicted molar refractivity (Wildman–Crippen MR) is 73.4 cm³/mol. The fourth-order valence-electron chi connectivity index (χ4n) is 2.63. The minimum atomic E-state index is -4.26. The van der Waals surface area contributed by atoms with Gasteiger partial charge in [-0.05, 0) is 37.6 Å². The fraction of sp³-hybridized carbons (Fsp3) is 0.600. The number of alkyl halides is 3. The Morgan fingerprint density at radius 3 is 2.75 bits per heavy atom. The number of benzene rings is 1. The lowest BCUT2D eigenvalue weighted by Gasteiger charge is -2.24. The molecule has 0 saturated carbocycles. The number of nitrogens with zero attached hydrogens (tertiary/aromatic N) is 1. The second-order valence-electron chi connectivity index (χ2n) is 5.32. The highest BCUT2D eigenvalue weighted by molar-refractivity contribution is 5.25. The number of hydrogen-bond donors (Lipinski definition) is 1. The van der Waals surface area contributed by atoms with Crippen LogP contribution < -0.4 is 5.32 Å². The van der Waals surface area contributed by atoms with E-state index in [1.807, 2.05) is 6.92 Å². The molecule has 112 valence electrons. The number of hydrogen-bond acceptors (Lipinski definition) is 2. The summed E-state index contributed by atoms with van der Waals surface area (Å²) >= 11 is 0. The smallest absolute Gasteiger partial charge is 0.313 e. The molecule has 1 aromatic rings. The molecule has 1 atom stereocenters. The summed E-state index contributed by atoms with van der Waals surface area (Å²) in [5.41, 5.74) is 0.157. The molecule has 1 unspecified atom stereocenters. The molecule has 1 saturated heterocycles. The first-order chi connectivity index (χ1) is 9.49. The van der Waals surface area contributed by atoms with E-state index in [9.17, 15) is 13.2 Å². The van der Waals surface area contributed by atoms with E-state index in [2.05, 4.69) is 10.2 Å². The summed E-state index contributed by atoms with van der Waals surface area (Å²) in [7, 11) is 0.